The third-order valence-electron chi connectivity index (χ3n) is 1.41. The second-order valence-electron chi connectivity index (χ2n) is 2.44. The Morgan fingerprint density at radius 1 is 1.29 bits per heavy atom. The van der Waals surface area contributed by atoms with Crippen LogP contribution in [-0.4, -0.2) is 18.2 Å². The van der Waals surface area contributed by atoms with Crippen LogP contribution in [-0.2, 0) is 4.74 Å². The van der Waals surface area contributed by atoms with E-state index in [4.69, 9.17) is 4.74 Å². The van der Waals surface area contributed by atoms with E-state index >= 15 is 0 Å². The molecule has 0 aliphatic carbocycles. The van der Waals surface area contributed by atoms with Crippen molar-refractivity contribution < 1.29 is 4.74 Å². The van der Waals surface area contributed by atoms with Gasteiger partial charge in [-0.15, -0.1) is 5.92 Å². The first kappa shape index (κ1) is 10.3. The van der Waals surface area contributed by atoms with Gasteiger partial charge in [-0.3, -0.25) is 0 Å². The minimum Gasteiger partial charge on any atom is -0.356 e. The zero-order valence-electron chi connectivity index (χ0n) is 8.08. The fourth-order valence-electron chi connectivity index (χ4n) is 0.789. The fourth-order valence-corrected chi connectivity index (χ4v) is 0.789. The molecular formula is C12H11NO. The molecule has 0 fully saturated rings. The van der Waals surface area contributed by atoms with Crippen LogP contribution in [0, 0.1) is 23.7 Å². The van der Waals surface area contributed by atoms with E-state index in [0.29, 0.717) is 13.2 Å². The lowest BCUT2D eigenvalue weighted by Crippen LogP contribution is -1.91. The number of aromatic nitrogens is 1. The van der Waals surface area contributed by atoms with E-state index in [2.05, 4.69) is 28.7 Å². The lowest BCUT2D eigenvalue weighted by atomic mass is 10.3. The molecular weight excluding hydrogens is 174 g/mol. The molecule has 0 spiro atoms. The first-order valence-corrected chi connectivity index (χ1v) is 4.30. The van der Waals surface area contributed by atoms with Crippen LogP contribution in [0.5, 0.6) is 0 Å². The maximum Gasteiger partial charge on any atom is 0.113 e. The van der Waals surface area contributed by atoms with E-state index in [1.807, 2.05) is 18.2 Å². The van der Waals surface area contributed by atoms with E-state index < -0.39 is 0 Å². The molecule has 0 bridgehead atoms. The summed E-state index contributed by atoms with van der Waals surface area (Å²) < 4.78 is 5.12. The normalized spacial score (nSPS) is 8.07. The van der Waals surface area contributed by atoms with Crippen molar-refractivity contribution in [2.45, 2.75) is 6.92 Å². The van der Waals surface area contributed by atoms with Crippen LogP contribution in [0.25, 0.3) is 0 Å². The fraction of sp³-hybridized carbons (Fsp3) is 0.250. The molecule has 0 aliphatic rings. The van der Waals surface area contributed by atoms with Gasteiger partial charge in [0.1, 0.15) is 18.9 Å². The molecule has 1 rings (SSSR count). The van der Waals surface area contributed by atoms with Gasteiger partial charge in [-0.1, -0.05) is 17.9 Å². The molecule has 0 aromatic carbocycles. The van der Waals surface area contributed by atoms with Gasteiger partial charge >= 0.3 is 0 Å². The molecule has 0 saturated carbocycles. The summed E-state index contributed by atoms with van der Waals surface area (Å²) in [7, 11) is 0. The van der Waals surface area contributed by atoms with E-state index in [9.17, 15) is 0 Å². The first-order chi connectivity index (χ1) is 6.93. The van der Waals surface area contributed by atoms with Crippen molar-refractivity contribution in [3.8, 4) is 23.7 Å². The Bertz CT molecular complexity index is 376. The maximum absolute atomic E-state index is 5.12. The highest BCUT2D eigenvalue weighted by Gasteiger charge is 1.82. The topological polar surface area (TPSA) is 22.1 Å². The first-order valence-electron chi connectivity index (χ1n) is 4.30. The highest BCUT2D eigenvalue weighted by atomic mass is 16.5. The molecule has 0 N–H and O–H groups in total. The Morgan fingerprint density at radius 3 is 2.86 bits per heavy atom. The lowest BCUT2D eigenvalue weighted by molar-refractivity contribution is 0.204. The van der Waals surface area contributed by atoms with Crippen LogP contribution in [0.1, 0.15) is 12.6 Å². The summed E-state index contributed by atoms with van der Waals surface area (Å²) in [6.07, 6.45) is 1.72. The summed E-state index contributed by atoms with van der Waals surface area (Å²) >= 11 is 0. The Morgan fingerprint density at radius 2 is 2.14 bits per heavy atom. The number of nitrogens with zero attached hydrogens (tertiary/aromatic N) is 1. The number of ether oxygens (including phenoxy) is 1. The zero-order valence-corrected chi connectivity index (χ0v) is 8.08. The van der Waals surface area contributed by atoms with Gasteiger partial charge in [0.15, 0.2) is 0 Å². The average Bonchev–Trinajstić information content (AvgIpc) is 2.25. The average molecular weight is 185 g/mol. The molecule has 0 saturated heterocycles. The van der Waals surface area contributed by atoms with Gasteiger partial charge in [0.25, 0.3) is 0 Å². The molecule has 2 heteroatoms. The maximum atomic E-state index is 5.12. The highest BCUT2D eigenvalue weighted by molar-refractivity contribution is 5.26. The summed E-state index contributed by atoms with van der Waals surface area (Å²) in [6.45, 7) is 2.61. The largest absolute Gasteiger partial charge is 0.356 e. The van der Waals surface area contributed by atoms with Crippen LogP contribution in [0.3, 0.4) is 0 Å². The van der Waals surface area contributed by atoms with Crippen molar-refractivity contribution in [1.29, 1.82) is 0 Å². The van der Waals surface area contributed by atoms with E-state index in [0.717, 1.165) is 5.69 Å². The van der Waals surface area contributed by atoms with Crippen molar-refractivity contribution in [1.82, 2.24) is 4.98 Å². The number of hydrogen-bond donors (Lipinski definition) is 0. The van der Waals surface area contributed by atoms with Gasteiger partial charge in [-0.25, -0.2) is 4.98 Å². The van der Waals surface area contributed by atoms with Crippen molar-refractivity contribution in [2.75, 3.05) is 13.2 Å². The van der Waals surface area contributed by atoms with Gasteiger partial charge < -0.3 is 4.74 Å². The Kier molecular flexibility index (Phi) is 4.95. The van der Waals surface area contributed by atoms with Gasteiger partial charge in [0.05, 0.1) is 0 Å². The molecule has 0 radical (unpaired) electrons. The number of pyridine rings is 1. The summed E-state index contributed by atoms with van der Waals surface area (Å²) in [5, 5.41) is 0. The zero-order chi connectivity index (χ0) is 10.1. The van der Waals surface area contributed by atoms with Crippen molar-refractivity contribution in [3.63, 3.8) is 0 Å². The van der Waals surface area contributed by atoms with E-state index in [-0.39, 0.29) is 0 Å². The minimum atomic E-state index is 0.394. The van der Waals surface area contributed by atoms with E-state index in [1.54, 1.807) is 13.1 Å². The monoisotopic (exact) mass is 185 g/mol. The highest BCUT2D eigenvalue weighted by Crippen LogP contribution is 1.88. The Hall–Kier alpha value is -1.77. The third-order valence-corrected chi connectivity index (χ3v) is 1.41. The number of hydrogen-bond acceptors (Lipinski definition) is 2. The Labute approximate surface area is 84.3 Å². The molecule has 14 heavy (non-hydrogen) atoms. The summed E-state index contributed by atoms with van der Waals surface area (Å²) in [5.41, 5.74) is 0.762. The summed E-state index contributed by atoms with van der Waals surface area (Å²) in [5.74, 6) is 11.3. The van der Waals surface area contributed by atoms with Gasteiger partial charge in [-0.2, -0.15) is 0 Å². The van der Waals surface area contributed by atoms with Crippen molar-refractivity contribution in [2.24, 2.45) is 0 Å². The predicted molar refractivity (Wildman–Crippen MR) is 55.4 cm³/mol. The summed E-state index contributed by atoms with van der Waals surface area (Å²) in [4.78, 5) is 4.06. The standard InChI is InChI=1S/C12H11NO/c1-2-3-10-14-11-6-8-12-7-4-5-9-13-12/h4-5,7,9H,10-11H2,1H3. The van der Waals surface area contributed by atoms with Gasteiger partial charge in [0, 0.05) is 6.20 Å². The molecule has 1 aromatic rings. The minimum absolute atomic E-state index is 0.394. The predicted octanol–water partition coefficient (Wildman–Crippen LogP) is 1.47. The van der Waals surface area contributed by atoms with Crippen molar-refractivity contribution in [3.05, 3.63) is 30.1 Å². The second kappa shape index (κ2) is 6.71. The van der Waals surface area contributed by atoms with Crippen LogP contribution >= 0.6 is 0 Å². The molecule has 1 heterocycles. The lowest BCUT2D eigenvalue weighted by Gasteiger charge is -1.89. The Balaban J connectivity index is 2.30. The van der Waals surface area contributed by atoms with Crippen molar-refractivity contribution >= 4 is 0 Å². The third kappa shape index (κ3) is 4.30. The van der Waals surface area contributed by atoms with Crippen LogP contribution < -0.4 is 0 Å². The molecule has 0 unspecified atom stereocenters. The molecule has 70 valence electrons. The quantitative estimate of drug-likeness (QED) is 0.514. The molecule has 2 nitrogen and oxygen atoms in total. The second-order valence-corrected chi connectivity index (χ2v) is 2.44. The number of rotatable bonds is 2. The molecule has 0 aliphatic heterocycles. The van der Waals surface area contributed by atoms with Gasteiger partial charge in [0.2, 0.25) is 0 Å². The van der Waals surface area contributed by atoms with Crippen LogP contribution in [0.2, 0.25) is 0 Å². The molecule has 0 amide bonds. The van der Waals surface area contributed by atoms with E-state index in [1.165, 1.54) is 0 Å². The van der Waals surface area contributed by atoms with Crippen LogP contribution in [0.15, 0.2) is 24.4 Å². The van der Waals surface area contributed by atoms with Gasteiger partial charge in [-0.05, 0) is 25.0 Å². The summed E-state index contributed by atoms with van der Waals surface area (Å²) in [6, 6.07) is 5.62. The molecule has 0 atom stereocenters. The SMILES string of the molecule is CC#CCOCC#Cc1ccccn1. The molecule has 1 aromatic heterocycles. The van der Waals surface area contributed by atoms with Crippen LogP contribution in [0.4, 0.5) is 0 Å². The smallest absolute Gasteiger partial charge is 0.113 e.